The minimum atomic E-state index is -0.214. The molecule has 0 aromatic heterocycles. The van der Waals surface area contributed by atoms with Gasteiger partial charge in [0.15, 0.2) is 0 Å². The summed E-state index contributed by atoms with van der Waals surface area (Å²) in [5.74, 6) is 1.01. The zero-order chi connectivity index (χ0) is 20.5. The Hall–Kier alpha value is -2.51. The first-order valence-corrected chi connectivity index (χ1v) is 9.87. The standard InChI is InChI=1S/C23H25ClN2O2/c1-14(2)15-5-7-16(8-6-15)22(27)26-20-12-21(23(20,3)4)28-18-10-9-17(13-25)19(24)11-18/h5-11,14,20-21H,12H2,1-4H3,(H,26,27)/t20-,21-/m1/s1. The first kappa shape index (κ1) is 20.2. The van der Waals surface area contributed by atoms with Gasteiger partial charge < -0.3 is 10.1 Å². The zero-order valence-corrected chi connectivity index (χ0v) is 17.4. The van der Waals surface area contributed by atoms with Gasteiger partial charge in [-0.25, -0.2) is 0 Å². The molecule has 1 saturated carbocycles. The summed E-state index contributed by atoms with van der Waals surface area (Å²) < 4.78 is 6.06. The Kier molecular flexibility index (Phi) is 5.67. The summed E-state index contributed by atoms with van der Waals surface area (Å²) in [6.45, 7) is 8.43. The maximum absolute atomic E-state index is 12.6. The summed E-state index contributed by atoms with van der Waals surface area (Å²) in [5.41, 5.74) is 2.10. The van der Waals surface area contributed by atoms with Crippen LogP contribution in [0.3, 0.4) is 0 Å². The van der Waals surface area contributed by atoms with E-state index in [-0.39, 0.29) is 23.5 Å². The van der Waals surface area contributed by atoms with Gasteiger partial charge in [-0.2, -0.15) is 5.26 Å². The summed E-state index contributed by atoms with van der Waals surface area (Å²) in [7, 11) is 0. The van der Waals surface area contributed by atoms with Crippen LogP contribution in [0.2, 0.25) is 5.02 Å². The number of hydrogen-bond donors (Lipinski definition) is 1. The smallest absolute Gasteiger partial charge is 0.251 e. The summed E-state index contributed by atoms with van der Waals surface area (Å²) >= 11 is 6.08. The minimum absolute atomic E-state index is 0.0311. The summed E-state index contributed by atoms with van der Waals surface area (Å²) in [4.78, 5) is 12.6. The number of nitriles is 1. The van der Waals surface area contributed by atoms with E-state index in [9.17, 15) is 4.79 Å². The molecule has 0 heterocycles. The lowest BCUT2D eigenvalue weighted by Crippen LogP contribution is -2.63. The van der Waals surface area contributed by atoms with Crippen LogP contribution in [0.4, 0.5) is 0 Å². The van der Waals surface area contributed by atoms with Crippen molar-refractivity contribution in [3.05, 3.63) is 64.2 Å². The molecule has 0 radical (unpaired) electrons. The molecule has 0 bridgehead atoms. The van der Waals surface area contributed by atoms with Gasteiger partial charge in [-0.1, -0.05) is 51.4 Å². The molecular weight excluding hydrogens is 372 g/mol. The van der Waals surface area contributed by atoms with Gasteiger partial charge in [0.25, 0.3) is 5.91 Å². The molecule has 1 fully saturated rings. The Labute approximate surface area is 171 Å². The number of rotatable bonds is 5. The molecule has 1 amide bonds. The molecule has 4 nitrogen and oxygen atoms in total. The Morgan fingerprint density at radius 2 is 1.93 bits per heavy atom. The van der Waals surface area contributed by atoms with E-state index in [2.05, 4.69) is 33.0 Å². The molecule has 2 aromatic carbocycles. The van der Waals surface area contributed by atoms with Crippen molar-refractivity contribution in [1.82, 2.24) is 5.32 Å². The highest BCUT2D eigenvalue weighted by Gasteiger charge is 2.50. The van der Waals surface area contributed by atoms with Gasteiger partial charge in [-0.15, -0.1) is 0 Å². The summed E-state index contributed by atoms with van der Waals surface area (Å²) in [6.07, 6.45) is 0.686. The highest BCUT2D eigenvalue weighted by atomic mass is 35.5. The molecule has 28 heavy (non-hydrogen) atoms. The number of carbonyl (C=O) groups excluding carboxylic acids is 1. The van der Waals surface area contributed by atoms with Crippen LogP contribution < -0.4 is 10.1 Å². The van der Waals surface area contributed by atoms with Gasteiger partial charge in [0.05, 0.1) is 10.6 Å². The fraction of sp³-hybridized carbons (Fsp3) is 0.391. The number of amides is 1. The van der Waals surface area contributed by atoms with Crippen molar-refractivity contribution in [2.75, 3.05) is 0 Å². The van der Waals surface area contributed by atoms with Crippen molar-refractivity contribution >= 4 is 17.5 Å². The molecule has 2 atom stereocenters. The minimum Gasteiger partial charge on any atom is -0.490 e. The normalized spacial score (nSPS) is 20.2. The third-order valence-electron chi connectivity index (χ3n) is 5.66. The van der Waals surface area contributed by atoms with Gasteiger partial charge in [0.1, 0.15) is 17.9 Å². The number of carbonyl (C=O) groups is 1. The second kappa shape index (κ2) is 7.85. The van der Waals surface area contributed by atoms with Crippen LogP contribution in [0.5, 0.6) is 5.75 Å². The topological polar surface area (TPSA) is 62.1 Å². The number of benzene rings is 2. The van der Waals surface area contributed by atoms with Crippen LogP contribution in [0.1, 0.15) is 61.5 Å². The van der Waals surface area contributed by atoms with Crippen LogP contribution in [-0.4, -0.2) is 18.1 Å². The molecule has 146 valence electrons. The van der Waals surface area contributed by atoms with Gasteiger partial charge in [-0.3, -0.25) is 4.79 Å². The fourth-order valence-electron chi connectivity index (χ4n) is 3.42. The lowest BCUT2D eigenvalue weighted by molar-refractivity contribution is -0.0515. The predicted octanol–water partition coefficient (Wildman–Crippen LogP) is 5.31. The molecule has 1 aliphatic rings. The van der Waals surface area contributed by atoms with E-state index in [1.165, 1.54) is 5.56 Å². The second-order valence-electron chi connectivity index (χ2n) is 8.22. The van der Waals surface area contributed by atoms with Crippen molar-refractivity contribution in [3.8, 4) is 11.8 Å². The van der Waals surface area contributed by atoms with Crippen LogP contribution >= 0.6 is 11.6 Å². The van der Waals surface area contributed by atoms with Gasteiger partial charge >= 0.3 is 0 Å². The quantitative estimate of drug-likeness (QED) is 0.744. The van der Waals surface area contributed by atoms with Crippen LogP contribution in [-0.2, 0) is 0 Å². The molecule has 2 aromatic rings. The molecule has 0 unspecified atom stereocenters. The molecule has 3 rings (SSSR count). The highest BCUT2D eigenvalue weighted by molar-refractivity contribution is 6.31. The number of ether oxygens (including phenoxy) is 1. The third-order valence-corrected chi connectivity index (χ3v) is 5.97. The Morgan fingerprint density at radius 3 is 2.46 bits per heavy atom. The van der Waals surface area contributed by atoms with E-state index in [4.69, 9.17) is 21.6 Å². The van der Waals surface area contributed by atoms with Gasteiger partial charge in [-0.05, 0) is 35.7 Å². The van der Waals surface area contributed by atoms with Crippen LogP contribution in [0.25, 0.3) is 0 Å². The fourth-order valence-corrected chi connectivity index (χ4v) is 3.63. The molecule has 5 heteroatoms. The van der Waals surface area contributed by atoms with E-state index < -0.39 is 0 Å². The van der Waals surface area contributed by atoms with Crippen LogP contribution in [0, 0.1) is 16.7 Å². The first-order valence-electron chi connectivity index (χ1n) is 9.49. The van der Waals surface area contributed by atoms with Crippen molar-refractivity contribution in [2.45, 2.75) is 52.2 Å². The maximum Gasteiger partial charge on any atom is 0.251 e. The highest BCUT2D eigenvalue weighted by Crippen LogP contribution is 2.43. The summed E-state index contributed by atoms with van der Waals surface area (Å²) in [5, 5.41) is 12.5. The van der Waals surface area contributed by atoms with Crippen molar-refractivity contribution in [2.24, 2.45) is 5.41 Å². The van der Waals surface area contributed by atoms with Crippen molar-refractivity contribution < 1.29 is 9.53 Å². The zero-order valence-electron chi connectivity index (χ0n) is 16.6. The van der Waals surface area contributed by atoms with Crippen molar-refractivity contribution in [1.29, 1.82) is 5.26 Å². The average molecular weight is 397 g/mol. The molecule has 0 aliphatic heterocycles. The van der Waals surface area contributed by atoms with Crippen molar-refractivity contribution in [3.63, 3.8) is 0 Å². The van der Waals surface area contributed by atoms with Gasteiger partial charge in [0.2, 0.25) is 0 Å². The average Bonchev–Trinajstić information content (AvgIpc) is 2.67. The number of nitrogens with one attached hydrogen (secondary N) is 1. The molecule has 0 spiro atoms. The third kappa shape index (κ3) is 4.00. The number of halogens is 1. The Balaban J connectivity index is 1.61. The van der Waals surface area contributed by atoms with E-state index >= 15 is 0 Å². The monoisotopic (exact) mass is 396 g/mol. The van der Waals surface area contributed by atoms with Gasteiger partial charge in [0, 0.05) is 29.5 Å². The lowest BCUT2D eigenvalue weighted by atomic mass is 9.64. The molecule has 0 saturated heterocycles. The predicted molar refractivity (Wildman–Crippen MR) is 111 cm³/mol. The summed E-state index contributed by atoms with van der Waals surface area (Å²) in [6, 6.07) is 14.9. The molecular formula is C23H25ClN2O2. The SMILES string of the molecule is CC(C)c1ccc(C(=O)N[C@@H]2C[C@@H](Oc3ccc(C#N)c(Cl)c3)C2(C)C)cc1. The Morgan fingerprint density at radius 1 is 1.25 bits per heavy atom. The number of hydrogen-bond acceptors (Lipinski definition) is 3. The second-order valence-corrected chi connectivity index (χ2v) is 8.63. The van der Waals surface area contributed by atoms with E-state index in [1.807, 2.05) is 30.3 Å². The molecule has 1 N–H and O–H groups in total. The lowest BCUT2D eigenvalue weighted by Gasteiger charge is -2.51. The Bertz CT molecular complexity index is 913. The van der Waals surface area contributed by atoms with E-state index in [1.54, 1.807) is 18.2 Å². The van der Waals surface area contributed by atoms with E-state index in [0.29, 0.717) is 27.8 Å². The molecule has 1 aliphatic carbocycles. The largest absolute Gasteiger partial charge is 0.490 e. The maximum atomic E-state index is 12.6. The number of nitrogens with zero attached hydrogens (tertiary/aromatic N) is 1. The van der Waals surface area contributed by atoms with Crippen LogP contribution in [0.15, 0.2) is 42.5 Å². The van der Waals surface area contributed by atoms with E-state index in [0.717, 1.165) is 6.42 Å². The first-order chi connectivity index (χ1) is 13.2.